The molecule has 0 saturated heterocycles. The van der Waals surface area contributed by atoms with Crippen molar-refractivity contribution in [1.29, 1.82) is 5.41 Å². The van der Waals surface area contributed by atoms with Gasteiger partial charge >= 0.3 is 5.97 Å². The summed E-state index contributed by atoms with van der Waals surface area (Å²) >= 11 is 0. The van der Waals surface area contributed by atoms with Gasteiger partial charge in [-0.1, -0.05) is 13.3 Å². The lowest BCUT2D eigenvalue weighted by Gasteiger charge is -2.13. The molecule has 114 valence electrons. The van der Waals surface area contributed by atoms with Gasteiger partial charge in [-0.05, 0) is 44.5 Å². The molecule has 0 radical (unpaired) electrons. The third-order valence-electron chi connectivity index (χ3n) is 3.10. The van der Waals surface area contributed by atoms with Crippen molar-refractivity contribution in [3.63, 3.8) is 0 Å². The fraction of sp³-hybridized carbons (Fsp3) is 0.438. The number of amides is 1. The Bertz CT molecular complexity index is 509. The van der Waals surface area contributed by atoms with Crippen LogP contribution in [-0.4, -0.2) is 24.2 Å². The van der Waals surface area contributed by atoms with Gasteiger partial charge in [0.25, 0.3) is 0 Å². The summed E-state index contributed by atoms with van der Waals surface area (Å²) < 4.78 is 4.89. The number of hydrogen-bond acceptors (Lipinski definition) is 4. The lowest BCUT2D eigenvalue weighted by Crippen LogP contribution is -2.26. The first-order chi connectivity index (χ1) is 9.99. The second-order valence-corrected chi connectivity index (χ2v) is 4.78. The standard InChI is InChI=1S/C16H22N2O3/c1-4-6-14(17)11(3)15(19)18-13-9-7-12(8-10-13)16(20)21-5-2/h7-11,17H,4-6H2,1-3H3,(H,18,19). The molecule has 1 unspecified atom stereocenters. The molecule has 0 fully saturated rings. The van der Waals surface area contributed by atoms with E-state index >= 15 is 0 Å². The van der Waals surface area contributed by atoms with E-state index in [1.807, 2.05) is 6.92 Å². The smallest absolute Gasteiger partial charge is 0.338 e. The molecule has 5 nitrogen and oxygen atoms in total. The highest BCUT2D eigenvalue weighted by molar-refractivity contribution is 6.07. The molecular weight excluding hydrogens is 268 g/mol. The van der Waals surface area contributed by atoms with Crippen LogP contribution in [0, 0.1) is 11.3 Å². The van der Waals surface area contributed by atoms with Gasteiger partial charge in [0.1, 0.15) is 0 Å². The maximum absolute atomic E-state index is 12.0. The Balaban J connectivity index is 2.65. The molecule has 1 rings (SSSR count). The maximum Gasteiger partial charge on any atom is 0.338 e. The number of benzene rings is 1. The third-order valence-corrected chi connectivity index (χ3v) is 3.10. The topological polar surface area (TPSA) is 79.3 Å². The molecule has 0 aliphatic carbocycles. The Labute approximate surface area is 125 Å². The summed E-state index contributed by atoms with van der Waals surface area (Å²) in [7, 11) is 0. The highest BCUT2D eigenvalue weighted by Crippen LogP contribution is 2.13. The second kappa shape index (κ2) is 8.19. The van der Waals surface area contributed by atoms with Crippen LogP contribution in [0.15, 0.2) is 24.3 Å². The highest BCUT2D eigenvalue weighted by Gasteiger charge is 2.17. The van der Waals surface area contributed by atoms with Gasteiger partial charge in [0.05, 0.1) is 18.1 Å². The lowest BCUT2D eigenvalue weighted by molar-refractivity contribution is -0.117. The molecule has 5 heteroatoms. The van der Waals surface area contributed by atoms with Gasteiger partial charge in [-0.15, -0.1) is 0 Å². The van der Waals surface area contributed by atoms with Crippen LogP contribution in [0.3, 0.4) is 0 Å². The molecular formula is C16H22N2O3. The van der Waals surface area contributed by atoms with E-state index in [1.165, 1.54) is 0 Å². The Kier molecular flexibility index (Phi) is 6.59. The molecule has 0 saturated carbocycles. The fourth-order valence-electron chi connectivity index (χ4n) is 1.80. The Hall–Kier alpha value is -2.17. The summed E-state index contributed by atoms with van der Waals surface area (Å²) in [5, 5.41) is 10.6. The van der Waals surface area contributed by atoms with E-state index in [0.717, 1.165) is 6.42 Å². The van der Waals surface area contributed by atoms with Gasteiger partial charge in [-0.2, -0.15) is 0 Å². The van der Waals surface area contributed by atoms with Gasteiger partial charge < -0.3 is 15.5 Å². The summed E-state index contributed by atoms with van der Waals surface area (Å²) in [6.45, 7) is 5.78. The van der Waals surface area contributed by atoms with Crippen LogP contribution in [0.1, 0.15) is 44.0 Å². The van der Waals surface area contributed by atoms with Gasteiger partial charge in [0.15, 0.2) is 0 Å². The van der Waals surface area contributed by atoms with Crippen molar-refractivity contribution >= 4 is 23.3 Å². The number of esters is 1. The number of anilines is 1. The van der Waals surface area contributed by atoms with Crippen LogP contribution >= 0.6 is 0 Å². The molecule has 0 aliphatic rings. The molecule has 0 spiro atoms. The predicted molar refractivity (Wildman–Crippen MR) is 82.8 cm³/mol. The number of nitrogens with one attached hydrogen (secondary N) is 2. The summed E-state index contributed by atoms with van der Waals surface area (Å²) in [6, 6.07) is 6.52. The van der Waals surface area contributed by atoms with Crippen molar-refractivity contribution in [2.24, 2.45) is 5.92 Å². The molecule has 1 aromatic rings. The maximum atomic E-state index is 12.0. The van der Waals surface area contributed by atoms with Crippen molar-refractivity contribution in [1.82, 2.24) is 0 Å². The van der Waals surface area contributed by atoms with E-state index in [0.29, 0.717) is 30.0 Å². The van der Waals surface area contributed by atoms with Crippen LogP contribution in [0.2, 0.25) is 0 Å². The Morgan fingerprint density at radius 2 is 1.86 bits per heavy atom. The molecule has 1 amide bonds. The quantitative estimate of drug-likeness (QED) is 0.597. The van der Waals surface area contributed by atoms with E-state index in [1.54, 1.807) is 38.1 Å². The minimum Gasteiger partial charge on any atom is -0.462 e. The zero-order valence-electron chi connectivity index (χ0n) is 12.7. The Morgan fingerprint density at radius 3 is 2.38 bits per heavy atom. The molecule has 21 heavy (non-hydrogen) atoms. The average molecular weight is 290 g/mol. The number of ether oxygens (including phenoxy) is 1. The lowest BCUT2D eigenvalue weighted by atomic mass is 10.0. The minimum atomic E-state index is -0.449. The first-order valence-electron chi connectivity index (χ1n) is 7.14. The molecule has 0 aromatic heterocycles. The highest BCUT2D eigenvalue weighted by atomic mass is 16.5. The summed E-state index contributed by atoms with van der Waals surface area (Å²) in [4.78, 5) is 23.5. The summed E-state index contributed by atoms with van der Waals surface area (Å²) in [5.41, 5.74) is 1.48. The van der Waals surface area contributed by atoms with Crippen LogP contribution < -0.4 is 5.32 Å². The van der Waals surface area contributed by atoms with Crippen molar-refractivity contribution in [2.75, 3.05) is 11.9 Å². The molecule has 2 N–H and O–H groups in total. The second-order valence-electron chi connectivity index (χ2n) is 4.78. The van der Waals surface area contributed by atoms with Crippen LogP contribution in [0.4, 0.5) is 5.69 Å². The van der Waals surface area contributed by atoms with Crippen molar-refractivity contribution in [3.05, 3.63) is 29.8 Å². The average Bonchev–Trinajstić information content (AvgIpc) is 2.47. The Morgan fingerprint density at radius 1 is 1.24 bits per heavy atom. The predicted octanol–water partition coefficient (Wildman–Crippen LogP) is 3.26. The van der Waals surface area contributed by atoms with Gasteiger partial charge in [-0.3, -0.25) is 4.79 Å². The molecule has 0 heterocycles. The third kappa shape index (κ3) is 5.02. The van der Waals surface area contributed by atoms with Crippen LogP contribution in [0.5, 0.6) is 0 Å². The normalized spacial score (nSPS) is 11.6. The summed E-state index contributed by atoms with van der Waals surface area (Å²) in [5.74, 6) is -1.04. The fourth-order valence-corrected chi connectivity index (χ4v) is 1.80. The van der Waals surface area contributed by atoms with Gasteiger partial charge in [0, 0.05) is 11.4 Å². The van der Waals surface area contributed by atoms with Crippen molar-refractivity contribution < 1.29 is 14.3 Å². The number of rotatable bonds is 7. The first-order valence-corrected chi connectivity index (χ1v) is 7.14. The van der Waals surface area contributed by atoms with E-state index in [-0.39, 0.29) is 11.9 Å². The van der Waals surface area contributed by atoms with E-state index in [9.17, 15) is 9.59 Å². The number of hydrogen-bond donors (Lipinski definition) is 2. The number of carbonyl (C=O) groups excluding carboxylic acids is 2. The summed E-state index contributed by atoms with van der Waals surface area (Å²) in [6.07, 6.45) is 1.47. The molecule has 0 aliphatic heterocycles. The van der Waals surface area contributed by atoms with Crippen LogP contribution in [0.25, 0.3) is 0 Å². The van der Waals surface area contributed by atoms with E-state index < -0.39 is 5.92 Å². The number of carbonyl (C=O) groups is 2. The monoisotopic (exact) mass is 290 g/mol. The molecule has 0 bridgehead atoms. The zero-order valence-corrected chi connectivity index (χ0v) is 12.7. The minimum absolute atomic E-state index is 0.211. The van der Waals surface area contributed by atoms with Crippen molar-refractivity contribution in [2.45, 2.75) is 33.6 Å². The molecule has 1 atom stereocenters. The van der Waals surface area contributed by atoms with E-state index in [2.05, 4.69) is 5.32 Å². The molecule has 1 aromatic carbocycles. The van der Waals surface area contributed by atoms with Crippen molar-refractivity contribution in [3.8, 4) is 0 Å². The van der Waals surface area contributed by atoms with Crippen LogP contribution in [-0.2, 0) is 9.53 Å². The van der Waals surface area contributed by atoms with Gasteiger partial charge in [0.2, 0.25) is 5.91 Å². The van der Waals surface area contributed by atoms with Gasteiger partial charge in [-0.25, -0.2) is 4.79 Å². The SMILES string of the molecule is CCCC(=N)C(C)C(=O)Nc1ccc(C(=O)OCC)cc1. The largest absolute Gasteiger partial charge is 0.462 e. The van der Waals surface area contributed by atoms with E-state index in [4.69, 9.17) is 10.1 Å². The zero-order chi connectivity index (χ0) is 15.8. The first kappa shape index (κ1) is 16.9.